The summed E-state index contributed by atoms with van der Waals surface area (Å²) in [6.45, 7) is 7.83. The summed E-state index contributed by atoms with van der Waals surface area (Å²) in [5, 5.41) is 4.22. The Morgan fingerprint density at radius 3 is 2.88 bits per heavy atom. The lowest BCUT2D eigenvalue weighted by molar-refractivity contribution is 0.0536. The number of likely N-dealkylation sites (tertiary alicyclic amines) is 1. The predicted octanol–water partition coefficient (Wildman–Crippen LogP) is 3.45. The van der Waals surface area contributed by atoms with E-state index in [1.807, 2.05) is 18.2 Å². The standard InChI is InChI=1S/C19H30ClN3O2.HI/c1-3-21-19(22-10-8-17-6-4-5-7-18(17)20)23-11-9-16(14-23)15-25-13-12-24-2;/h4-7,16H,3,8-15H2,1-2H3,(H,21,22);1H. The molecule has 1 fully saturated rings. The lowest BCUT2D eigenvalue weighted by Crippen LogP contribution is -2.40. The lowest BCUT2D eigenvalue weighted by atomic mass is 10.1. The van der Waals surface area contributed by atoms with Crippen molar-refractivity contribution in [2.24, 2.45) is 10.9 Å². The molecule has 26 heavy (non-hydrogen) atoms. The van der Waals surface area contributed by atoms with E-state index < -0.39 is 0 Å². The van der Waals surface area contributed by atoms with E-state index in [1.165, 1.54) is 0 Å². The van der Waals surface area contributed by atoms with Gasteiger partial charge in [0.2, 0.25) is 0 Å². The second-order valence-electron chi connectivity index (χ2n) is 6.25. The summed E-state index contributed by atoms with van der Waals surface area (Å²) in [5.74, 6) is 1.55. The molecule has 7 heteroatoms. The third kappa shape index (κ3) is 7.98. The van der Waals surface area contributed by atoms with E-state index in [9.17, 15) is 0 Å². The van der Waals surface area contributed by atoms with Crippen molar-refractivity contribution < 1.29 is 9.47 Å². The summed E-state index contributed by atoms with van der Waals surface area (Å²) < 4.78 is 10.7. The molecule has 148 valence electrons. The summed E-state index contributed by atoms with van der Waals surface area (Å²) >= 11 is 6.22. The van der Waals surface area contributed by atoms with E-state index in [-0.39, 0.29) is 24.0 Å². The van der Waals surface area contributed by atoms with Gasteiger partial charge >= 0.3 is 0 Å². The highest BCUT2D eigenvalue weighted by molar-refractivity contribution is 14.0. The van der Waals surface area contributed by atoms with Gasteiger partial charge in [-0.25, -0.2) is 0 Å². The molecule has 0 aliphatic carbocycles. The van der Waals surface area contributed by atoms with Crippen molar-refractivity contribution in [3.63, 3.8) is 0 Å². The number of hydrogen-bond donors (Lipinski definition) is 1. The lowest BCUT2D eigenvalue weighted by Gasteiger charge is -2.21. The normalized spacial score (nSPS) is 17.3. The summed E-state index contributed by atoms with van der Waals surface area (Å²) in [5.41, 5.74) is 1.15. The van der Waals surface area contributed by atoms with Crippen LogP contribution >= 0.6 is 35.6 Å². The fraction of sp³-hybridized carbons (Fsp3) is 0.632. The topological polar surface area (TPSA) is 46.1 Å². The molecule has 1 aromatic rings. The van der Waals surface area contributed by atoms with Gasteiger partial charge in [0.05, 0.1) is 19.8 Å². The molecule has 0 aromatic heterocycles. The van der Waals surface area contributed by atoms with Crippen LogP contribution in [0.3, 0.4) is 0 Å². The molecular weight excluding hydrogens is 465 g/mol. The molecule has 0 spiro atoms. The van der Waals surface area contributed by atoms with Crippen molar-refractivity contribution in [1.29, 1.82) is 0 Å². The molecule has 5 nitrogen and oxygen atoms in total. The molecule has 1 aliphatic heterocycles. The third-order valence-electron chi connectivity index (χ3n) is 4.31. The number of nitrogens with one attached hydrogen (secondary N) is 1. The number of halogens is 2. The molecule has 1 aliphatic rings. The molecule has 1 aromatic carbocycles. The highest BCUT2D eigenvalue weighted by Crippen LogP contribution is 2.18. The van der Waals surface area contributed by atoms with E-state index in [4.69, 9.17) is 26.1 Å². The number of hydrogen-bond acceptors (Lipinski definition) is 3. The monoisotopic (exact) mass is 495 g/mol. The predicted molar refractivity (Wildman–Crippen MR) is 119 cm³/mol. The molecule has 0 radical (unpaired) electrons. The van der Waals surface area contributed by atoms with E-state index in [2.05, 4.69) is 23.2 Å². The number of aliphatic imine (C=N–C) groups is 1. The van der Waals surface area contributed by atoms with Crippen molar-refractivity contribution in [2.75, 3.05) is 53.1 Å². The smallest absolute Gasteiger partial charge is 0.193 e. The van der Waals surface area contributed by atoms with Gasteiger partial charge in [-0.05, 0) is 31.4 Å². The fourth-order valence-corrected chi connectivity index (χ4v) is 3.19. The second kappa shape index (κ2) is 13.6. The fourth-order valence-electron chi connectivity index (χ4n) is 2.96. The molecule has 0 amide bonds. The molecule has 0 bridgehead atoms. The Bertz CT molecular complexity index is 545. The van der Waals surface area contributed by atoms with Gasteiger partial charge in [0.25, 0.3) is 0 Å². The maximum absolute atomic E-state index is 6.22. The Balaban J connectivity index is 0.00000338. The number of ether oxygens (including phenoxy) is 2. The highest BCUT2D eigenvalue weighted by atomic mass is 127. The van der Waals surface area contributed by atoms with Gasteiger partial charge in [-0.2, -0.15) is 0 Å². The summed E-state index contributed by atoms with van der Waals surface area (Å²) in [4.78, 5) is 7.12. The molecule has 1 N–H and O–H groups in total. The number of methoxy groups -OCH3 is 1. The Morgan fingerprint density at radius 2 is 2.15 bits per heavy atom. The van der Waals surface area contributed by atoms with Crippen molar-refractivity contribution in [1.82, 2.24) is 10.2 Å². The van der Waals surface area contributed by atoms with Crippen molar-refractivity contribution in [2.45, 2.75) is 19.8 Å². The molecule has 1 saturated heterocycles. The quantitative estimate of drug-likeness (QED) is 0.247. The van der Waals surface area contributed by atoms with Crippen molar-refractivity contribution in [3.8, 4) is 0 Å². The van der Waals surface area contributed by atoms with Gasteiger partial charge in [0.1, 0.15) is 0 Å². The first kappa shape index (κ1) is 23.5. The molecule has 2 rings (SSSR count). The Morgan fingerprint density at radius 1 is 1.35 bits per heavy atom. The Labute approximate surface area is 179 Å². The van der Waals surface area contributed by atoms with E-state index >= 15 is 0 Å². The van der Waals surface area contributed by atoms with Crippen molar-refractivity contribution >= 4 is 41.5 Å². The zero-order valence-corrected chi connectivity index (χ0v) is 18.8. The van der Waals surface area contributed by atoms with Gasteiger partial charge in [-0.15, -0.1) is 24.0 Å². The molecular formula is C19H31ClIN3O2. The third-order valence-corrected chi connectivity index (χ3v) is 4.67. The largest absolute Gasteiger partial charge is 0.382 e. The van der Waals surface area contributed by atoms with E-state index in [0.29, 0.717) is 19.1 Å². The highest BCUT2D eigenvalue weighted by Gasteiger charge is 2.24. The summed E-state index contributed by atoms with van der Waals surface area (Å²) in [6.07, 6.45) is 1.99. The molecule has 1 atom stereocenters. The zero-order valence-electron chi connectivity index (χ0n) is 15.7. The van der Waals surface area contributed by atoms with Gasteiger partial charge in [0.15, 0.2) is 5.96 Å². The van der Waals surface area contributed by atoms with E-state index in [0.717, 1.165) is 62.2 Å². The average Bonchev–Trinajstić information content (AvgIpc) is 3.08. The van der Waals surface area contributed by atoms with Crippen LogP contribution in [0.5, 0.6) is 0 Å². The van der Waals surface area contributed by atoms with Gasteiger partial charge in [0, 0.05) is 44.2 Å². The number of benzene rings is 1. The van der Waals surface area contributed by atoms with Crippen LogP contribution < -0.4 is 5.32 Å². The van der Waals surface area contributed by atoms with E-state index in [1.54, 1.807) is 7.11 Å². The van der Waals surface area contributed by atoms with Crippen LogP contribution in [-0.2, 0) is 15.9 Å². The molecule has 1 heterocycles. The van der Waals surface area contributed by atoms with Gasteiger partial charge in [-0.1, -0.05) is 29.8 Å². The zero-order chi connectivity index (χ0) is 17.9. The minimum absolute atomic E-state index is 0. The molecule has 1 unspecified atom stereocenters. The summed E-state index contributed by atoms with van der Waals surface area (Å²) in [7, 11) is 1.70. The number of rotatable bonds is 9. The Kier molecular flexibility index (Phi) is 12.3. The van der Waals surface area contributed by atoms with Crippen LogP contribution in [0.2, 0.25) is 5.02 Å². The van der Waals surface area contributed by atoms with Crippen LogP contribution in [0.15, 0.2) is 29.3 Å². The SMILES string of the molecule is CCNC(=NCCc1ccccc1Cl)N1CCC(COCCOC)C1.I. The van der Waals surface area contributed by atoms with Crippen LogP contribution in [0.25, 0.3) is 0 Å². The van der Waals surface area contributed by atoms with Crippen LogP contribution in [-0.4, -0.2) is 64.0 Å². The Hall–Kier alpha value is -0.570. The number of nitrogens with zero attached hydrogens (tertiary/aromatic N) is 2. The minimum atomic E-state index is 0. The first-order valence-electron chi connectivity index (χ1n) is 9.08. The summed E-state index contributed by atoms with van der Waals surface area (Å²) in [6, 6.07) is 7.97. The van der Waals surface area contributed by atoms with Crippen LogP contribution in [0.4, 0.5) is 0 Å². The second-order valence-corrected chi connectivity index (χ2v) is 6.65. The maximum atomic E-state index is 6.22. The number of guanidine groups is 1. The first-order chi connectivity index (χ1) is 12.2. The van der Waals surface area contributed by atoms with Crippen LogP contribution in [0, 0.1) is 5.92 Å². The molecule has 0 saturated carbocycles. The van der Waals surface area contributed by atoms with Gasteiger partial charge < -0.3 is 19.7 Å². The van der Waals surface area contributed by atoms with Crippen molar-refractivity contribution in [3.05, 3.63) is 34.9 Å². The maximum Gasteiger partial charge on any atom is 0.193 e. The average molecular weight is 496 g/mol. The minimum Gasteiger partial charge on any atom is -0.382 e. The first-order valence-corrected chi connectivity index (χ1v) is 9.45. The van der Waals surface area contributed by atoms with Gasteiger partial charge in [-0.3, -0.25) is 4.99 Å². The van der Waals surface area contributed by atoms with Crippen LogP contribution in [0.1, 0.15) is 18.9 Å².